The fraction of sp³-hybridized carbons (Fsp3) is 0.333. The first-order valence-corrected chi connectivity index (χ1v) is 5.11. The Morgan fingerprint density at radius 3 is 2.41 bits per heavy atom. The zero-order valence-electron chi connectivity index (χ0n) is 9.41. The number of ketones is 1. The minimum atomic E-state index is -3.02. The molecule has 0 aromatic heterocycles. The van der Waals surface area contributed by atoms with Gasteiger partial charge < -0.3 is 4.90 Å². The second-order valence-electron chi connectivity index (χ2n) is 4.21. The van der Waals surface area contributed by atoms with Crippen molar-refractivity contribution < 1.29 is 18.4 Å². The molecule has 17 heavy (non-hydrogen) atoms. The number of fused-ring (bicyclic) bond motifs is 1. The van der Waals surface area contributed by atoms with Crippen molar-refractivity contribution in [1.82, 2.24) is 0 Å². The van der Waals surface area contributed by atoms with Crippen LogP contribution in [0.5, 0.6) is 0 Å². The Balaban J connectivity index is 2.67. The fourth-order valence-corrected chi connectivity index (χ4v) is 1.99. The quantitative estimate of drug-likeness (QED) is 0.704. The number of benzene rings is 1. The second kappa shape index (κ2) is 3.61. The highest BCUT2D eigenvalue weighted by atomic mass is 19.3. The van der Waals surface area contributed by atoms with Crippen LogP contribution >= 0.6 is 0 Å². The third-order valence-corrected chi connectivity index (χ3v) is 3.17. The van der Waals surface area contributed by atoms with Crippen molar-refractivity contribution in [3.63, 3.8) is 0 Å². The van der Waals surface area contributed by atoms with Crippen molar-refractivity contribution >= 4 is 17.4 Å². The number of nitrogens with zero attached hydrogens (tertiary/aromatic N) is 1. The van der Waals surface area contributed by atoms with Crippen LogP contribution in [0.3, 0.4) is 0 Å². The number of carbonyl (C=O) groups excluding carboxylic acids is 2. The van der Waals surface area contributed by atoms with Crippen LogP contribution in [-0.2, 0) is 4.79 Å². The third-order valence-electron chi connectivity index (χ3n) is 3.17. The number of halogens is 2. The lowest BCUT2D eigenvalue weighted by atomic mass is 9.77. The van der Waals surface area contributed by atoms with Crippen molar-refractivity contribution in [1.29, 1.82) is 0 Å². The Labute approximate surface area is 97.0 Å². The minimum Gasteiger partial charge on any atom is -0.314 e. The molecule has 90 valence electrons. The summed E-state index contributed by atoms with van der Waals surface area (Å²) in [5, 5.41) is 0. The predicted octanol–water partition coefficient (Wildman–Crippen LogP) is 2.12. The average molecular weight is 239 g/mol. The number of alkyl halides is 2. The van der Waals surface area contributed by atoms with Gasteiger partial charge in [-0.2, -0.15) is 0 Å². The highest BCUT2D eigenvalue weighted by molar-refractivity contribution is 6.24. The molecule has 0 saturated carbocycles. The number of para-hydroxylation sites is 1. The van der Waals surface area contributed by atoms with Gasteiger partial charge in [0.05, 0.1) is 5.69 Å². The van der Waals surface area contributed by atoms with Gasteiger partial charge in [0, 0.05) is 12.6 Å². The van der Waals surface area contributed by atoms with E-state index in [9.17, 15) is 18.4 Å². The molecule has 1 unspecified atom stereocenters. The molecular formula is C12H11F2NO2. The smallest absolute Gasteiger partial charge is 0.260 e. The second-order valence-corrected chi connectivity index (χ2v) is 4.21. The number of Topliss-reactive ketones (excluding diaryl/α,β-unsaturated/α-hetero) is 1. The lowest BCUT2D eigenvalue weighted by Crippen LogP contribution is -2.53. The summed E-state index contributed by atoms with van der Waals surface area (Å²) in [5.74, 6) is -1.68. The van der Waals surface area contributed by atoms with Crippen LogP contribution in [0.4, 0.5) is 14.5 Å². The summed E-state index contributed by atoms with van der Waals surface area (Å²) in [4.78, 5) is 25.0. The number of anilines is 1. The monoisotopic (exact) mass is 239 g/mol. The molecule has 1 aromatic carbocycles. The molecule has 1 aliphatic heterocycles. The Bertz CT molecular complexity index is 501. The molecule has 3 nitrogen and oxygen atoms in total. The van der Waals surface area contributed by atoms with Gasteiger partial charge in [-0.05, 0) is 19.1 Å². The Hall–Kier alpha value is -1.78. The summed E-state index contributed by atoms with van der Waals surface area (Å²) >= 11 is 0. The van der Waals surface area contributed by atoms with Gasteiger partial charge in [0.15, 0.2) is 11.2 Å². The molecule has 2 rings (SSSR count). The van der Waals surface area contributed by atoms with Crippen molar-refractivity contribution in [3.8, 4) is 0 Å². The first kappa shape index (κ1) is 11.7. The number of carbonyl (C=O) groups is 2. The largest absolute Gasteiger partial charge is 0.314 e. The van der Waals surface area contributed by atoms with Crippen LogP contribution in [0.1, 0.15) is 17.3 Å². The molecule has 0 N–H and O–H groups in total. The summed E-state index contributed by atoms with van der Waals surface area (Å²) in [6.07, 6.45) is -3.02. The van der Waals surface area contributed by atoms with E-state index in [0.717, 1.165) is 11.8 Å². The van der Waals surface area contributed by atoms with Crippen LogP contribution in [0, 0.1) is 5.41 Å². The Morgan fingerprint density at radius 2 is 1.82 bits per heavy atom. The molecule has 0 aliphatic carbocycles. The van der Waals surface area contributed by atoms with Gasteiger partial charge in [0.2, 0.25) is 5.91 Å². The molecule has 1 heterocycles. The first-order valence-electron chi connectivity index (χ1n) is 5.11. The maximum Gasteiger partial charge on any atom is 0.260 e. The molecule has 0 bridgehead atoms. The molecule has 1 aromatic rings. The molecule has 1 aliphatic rings. The van der Waals surface area contributed by atoms with Crippen LogP contribution in [0.15, 0.2) is 24.3 Å². The van der Waals surface area contributed by atoms with Crippen LogP contribution in [-0.4, -0.2) is 25.2 Å². The van der Waals surface area contributed by atoms with Gasteiger partial charge in [-0.25, -0.2) is 8.78 Å². The van der Waals surface area contributed by atoms with Crippen molar-refractivity contribution in [3.05, 3.63) is 29.8 Å². The van der Waals surface area contributed by atoms with E-state index in [4.69, 9.17) is 0 Å². The fourth-order valence-electron chi connectivity index (χ4n) is 1.99. The number of hydrogen-bond donors (Lipinski definition) is 0. The molecule has 0 fully saturated rings. The van der Waals surface area contributed by atoms with Gasteiger partial charge in [0.1, 0.15) is 0 Å². The van der Waals surface area contributed by atoms with E-state index < -0.39 is 23.5 Å². The van der Waals surface area contributed by atoms with E-state index in [1.54, 1.807) is 18.2 Å². The maximum absolute atomic E-state index is 13.0. The van der Waals surface area contributed by atoms with E-state index in [-0.39, 0.29) is 5.56 Å². The molecule has 0 saturated heterocycles. The number of hydrogen-bond acceptors (Lipinski definition) is 2. The molecule has 0 spiro atoms. The van der Waals surface area contributed by atoms with Crippen molar-refractivity contribution in [2.75, 3.05) is 11.9 Å². The Morgan fingerprint density at radius 1 is 1.24 bits per heavy atom. The molecule has 5 heteroatoms. The summed E-state index contributed by atoms with van der Waals surface area (Å²) in [7, 11) is 1.40. The SMILES string of the molecule is CN1C(=O)C(C)(C(F)F)C(=O)c2ccccc21. The number of amides is 1. The Kier molecular flexibility index (Phi) is 2.49. The zero-order valence-corrected chi connectivity index (χ0v) is 9.41. The normalized spacial score (nSPS) is 24.2. The maximum atomic E-state index is 13.0. The summed E-state index contributed by atoms with van der Waals surface area (Å²) < 4.78 is 26.0. The van der Waals surface area contributed by atoms with Gasteiger partial charge >= 0.3 is 0 Å². The van der Waals surface area contributed by atoms with Crippen LogP contribution in [0.25, 0.3) is 0 Å². The minimum absolute atomic E-state index is 0.164. The first-order chi connectivity index (χ1) is 7.90. The van der Waals surface area contributed by atoms with E-state index >= 15 is 0 Å². The summed E-state index contributed by atoms with van der Waals surface area (Å²) in [6, 6.07) is 6.27. The van der Waals surface area contributed by atoms with E-state index in [0.29, 0.717) is 5.69 Å². The van der Waals surface area contributed by atoms with Gasteiger partial charge in [0.25, 0.3) is 6.43 Å². The van der Waals surface area contributed by atoms with Crippen molar-refractivity contribution in [2.45, 2.75) is 13.3 Å². The van der Waals surface area contributed by atoms with Crippen LogP contribution in [0.2, 0.25) is 0 Å². The van der Waals surface area contributed by atoms with E-state index in [1.807, 2.05) is 0 Å². The lowest BCUT2D eigenvalue weighted by molar-refractivity contribution is -0.132. The molecule has 0 radical (unpaired) electrons. The predicted molar refractivity (Wildman–Crippen MR) is 58.3 cm³/mol. The third kappa shape index (κ3) is 1.38. The van der Waals surface area contributed by atoms with Crippen LogP contribution < -0.4 is 4.90 Å². The summed E-state index contributed by atoms with van der Waals surface area (Å²) in [6.45, 7) is 0.995. The highest BCUT2D eigenvalue weighted by Crippen LogP contribution is 2.40. The molecule has 1 atom stereocenters. The number of rotatable bonds is 1. The lowest BCUT2D eigenvalue weighted by Gasteiger charge is -2.36. The molecular weight excluding hydrogens is 228 g/mol. The standard InChI is InChI=1S/C12H11F2NO2/c1-12(10(13)14)9(16)7-5-3-4-6-8(7)15(2)11(12)17/h3-6,10H,1-2H3. The van der Waals surface area contributed by atoms with Gasteiger partial charge in [-0.3, -0.25) is 9.59 Å². The van der Waals surface area contributed by atoms with E-state index in [2.05, 4.69) is 0 Å². The topological polar surface area (TPSA) is 37.4 Å². The summed E-state index contributed by atoms with van der Waals surface area (Å²) in [5.41, 5.74) is -1.73. The zero-order chi connectivity index (χ0) is 12.8. The van der Waals surface area contributed by atoms with Crippen molar-refractivity contribution in [2.24, 2.45) is 5.41 Å². The van der Waals surface area contributed by atoms with Gasteiger partial charge in [-0.15, -0.1) is 0 Å². The average Bonchev–Trinajstić information content (AvgIpc) is 2.33. The van der Waals surface area contributed by atoms with Gasteiger partial charge in [-0.1, -0.05) is 12.1 Å². The highest BCUT2D eigenvalue weighted by Gasteiger charge is 2.54. The molecule has 1 amide bonds. The van der Waals surface area contributed by atoms with E-state index in [1.165, 1.54) is 13.1 Å².